The first kappa shape index (κ1) is 32.6. The first-order valence-electron chi connectivity index (χ1n) is 14.2. The minimum absolute atomic E-state index is 0.0540. The van der Waals surface area contributed by atoms with Crippen molar-refractivity contribution in [2.75, 3.05) is 32.1 Å². The summed E-state index contributed by atoms with van der Waals surface area (Å²) in [5.74, 6) is -1.02. The summed E-state index contributed by atoms with van der Waals surface area (Å²) < 4.78 is 34.5. The Morgan fingerprint density at radius 1 is 1.18 bits per heavy atom. The Hall–Kier alpha value is -3.81. The second-order valence-electron chi connectivity index (χ2n) is 10.9. The summed E-state index contributed by atoms with van der Waals surface area (Å²) in [4.78, 5) is 33.1. The van der Waals surface area contributed by atoms with Crippen LogP contribution < -0.4 is 10.1 Å². The van der Waals surface area contributed by atoms with Crippen LogP contribution in [-0.2, 0) is 10.0 Å². The number of para-hydroxylation sites is 1. The maximum Gasteiger partial charge on any atom is 0.258 e. The number of fused-ring (bicyclic) bond motifs is 1. The van der Waals surface area contributed by atoms with Crippen molar-refractivity contribution in [3.63, 3.8) is 0 Å². The van der Waals surface area contributed by atoms with Gasteiger partial charge in [0.25, 0.3) is 11.8 Å². The number of benzene rings is 3. The molecule has 2 N–H and O–H groups in total. The number of hydrogen-bond donors (Lipinski definition) is 2. The Morgan fingerprint density at radius 3 is 2.53 bits per heavy atom. The average molecular weight is 669 g/mol. The molecule has 10 nitrogen and oxygen atoms in total. The Kier molecular flexibility index (Phi) is 9.90. The second kappa shape index (κ2) is 13.7. The highest BCUT2D eigenvalue weighted by Crippen LogP contribution is 2.36. The van der Waals surface area contributed by atoms with Crippen molar-refractivity contribution in [3.8, 4) is 16.3 Å². The van der Waals surface area contributed by atoms with Crippen molar-refractivity contribution >= 4 is 50.5 Å². The number of rotatable bonds is 9. The number of likely N-dealkylation sites (N-methyl/N-ethyl adjacent to an activating group) is 1. The number of carbonyl (C=O) groups is 2. The Labute approximate surface area is 271 Å². The van der Waals surface area contributed by atoms with Crippen molar-refractivity contribution < 1.29 is 27.9 Å². The van der Waals surface area contributed by atoms with Crippen molar-refractivity contribution in [2.24, 2.45) is 5.92 Å². The number of aliphatic hydroxyl groups excluding tert-OH is 1. The fourth-order valence-corrected chi connectivity index (χ4v) is 6.98. The van der Waals surface area contributed by atoms with E-state index in [1.54, 1.807) is 48.4 Å². The van der Waals surface area contributed by atoms with E-state index in [4.69, 9.17) is 16.3 Å². The van der Waals surface area contributed by atoms with E-state index in [9.17, 15) is 23.1 Å². The third-order valence-corrected chi connectivity index (χ3v) is 10.6. The lowest BCUT2D eigenvalue weighted by atomic mass is 9.99. The Morgan fingerprint density at radius 2 is 1.89 bits per heavy atom. The lowest BCUT2D eigenvalue weighted by molar-refractivity contribution is 0.0388. The molecule has 236 valence electrons. The number of nitrogens with zero attached hydrogens (tertiary/aromatic N) is 3. The molecule has 2 heterocycles. The van der Waals surface area contributed by atoms with Gasteiger partial charge in [0, 0.05) is 47.2 Å². The summed E-state index contributed by atoms with van der Waals surface area (Å²) in [5.41, 5.74) is 1.72. The molecule has 1 aliphatic heterocycles. The summed E-state index contributed by atoms with van der Waals surface area (Å²) in [7, 11) is -2.45. The van der Waals surface area contributed by atoms with Crippen LogP contribution in [0.1, 0.15) is 34.6 Å². The zero-order valence-electron chi connectivity index (χ0n) is 24.9. The molecule has 5 rings (SSSR count). The van der Waals surface area contributed by atoms with Gasteiger partial charge in [-0.3, -0.25) is 9.59 Å². The van der Waals surface area contributed by atoms with E-state index in [0.29, 0.717) is 10.6 Å². The maximum atomic E-state index is 13.8. The van der Waals surface area contributed by atoms with Crippen LogP contribution in [0.4, 0.5) is 5.69 Å². The fourth-order valence-electron chi connectivity index (χ4n) is 5.02. The van der Waals surface area contributed by atoms with E-state index >= 15 is 0 Å². The van der Waals surface area contributed by atoms with Crippen molar-refractivity contribution in [3.05, 3.63) is 94.5 Å². The molecule has 45 heavy (non-hydrogen) atoms. The molecule has 0 saturated carbocycles. The molecule has 3 atom stereocenters. The number of aromatic nitrogens is 1. The van der Waals surface area contributed by atoms with Gasteiger partial charge in [-0.05, 0) is 55.5 Å². The van der Waals surface area contributed by atoms with E-state index in [1.807, 2.05) is 24.4 Å². The van der Waals surface area contributed by atoms with Crippen molar-refractivity contribution in [1.82, 2.24) is 14.2 Å². The number of nitrogens with one attached hydrogen (secondary N) is 1. The molecular formula is C32H33ClN4O6S2. The van der Waals surface area contributed by atoms with E-state index in [1.165, 1.54) is 47.0 Å². The van der Waals surface area contributed by atoms with Crippen LogP contribution in [0, 0.1) is 5.92 Å². The van der Waals surface area contributed by atoms with Crippen LogP contribution in [0.15, 0.2) is 83.2 Å². The molecule has 0 saturated heterocycles. The number of ether oxygens (including phenoxy) is 1. The van der Waals surface area contributed by atoms with Gasteiger partial charge in [0.2, 0.25) is 10.0 Å². The van der Waals surface area contributed by atoms with Gasteiger partial charge in [-0.15, -0.1) is 11.3 Å². The van der Waals surface area contributed by atoms with Crippen molar-refractivity contribution in [1.29, 1.82) is 0 Å². The maximum absolute atomic E-state index is 13.8. The van der Waals surface area contributed by atoms with E-state index in [2.05, 4.69) is 10.3 Å². The molecule has 0 aliphatic carbocycles. The molecule has 0 bridgehead atoms. The summed E-state index contributed by atoms with van der Waals surface area (Å²) in [6.45, 7) is 3.48. The number of aliphatic hydroxyl groups is 1. The monoisotopic (exact) mass is 668 g/mol. The van der Waals surface area contributed by atoms with Gasteiger partial charge in [0.1, 0.15) is 11.1 Å². The van der Waals surface area contributed by atoms with Gasteiger partial charge in [-0.2, -0.15) is 4.31 Å². The lowest BCUT2D eigenvalue weighted by Gasteiger charge is -2.38. The third-order valence-electron chi connectivity index (χ3n) is 7.72. The first-order valence-corrected chi connectivity index (χ1v) is 16.9. The molecule has 3 aromatic carbocycles. The van der Waals surface area contributed by atoms with Gasteiger partial charge < -0.3 is 20.1 Å². The molecule has 1 aromatic heterocycles. The molecule has 0 spiro atoms. The largest absolute Gasteiger partial charge is 0.486 e. The van der Waals surface area contributed by atoms with Gasteiger partial charge >= 0.3 is 0 Å². The van der Waals surface area contributed by atoms with Gasteiger partial charge in [-0.25, -0.2) is 13.4 Å². The average Bonchev–Trinajstić information content (AvgIpc) is 3.58. The fraction of sp³-hybridized carbons (Fsp3) is 0.281. The number of sulfonamides is 1. The number of hydrogen-bond acceptors (Lipinski definition) is 8. The Bertz CT molecular complexity index is 1770. The van der Waals surface area contributed by atoms with Gasteiger partial charge in [0.15, 0.2) is 5.75 Å². The van der Waals surface area contributed by atoms with E-state index < -0.39 is 28.1 Å². The molecule has 0 radical (unpaired) electrons. The summed E-state index contributed by atoms with van der Waals surface area (Å²) in [6.07, 6.45) is 0.986. The zero-order chi connectivity index (χ0) is 32.3. The normalized spacial score (nSPS) is 17.6. The quantitative estimate of drug-likeness (QED) is 0.249. The predicted octanol–water partition coefficient (Wildman–Crippen LogP) is 5.26. The van der Waals surface area contributed by atoms with Crippen LogP contribution in [0.5, 0.6) is 5.75 Å². The standard InChI is InChI=1S/C32H33ClN4O6S2/c1-20-17-37(21(2)19-38)32(40)26-5-4-6-27(35-30(39)22-7-9-23(10-8-22)31-34-15-16-44-31)29(26)43-28(20)18-36(3)45(41,42)25-13-11-24(33)12-14-25/h4-16,20-21,28,38H,17-19H2,1-3H3,(H,35,39)/t20-,21-,28-/m1/s1. The molecule has 1 aliphatic rings. The topological polar surface area (TPSA) is 129 Å². The third kappa shape index (κ3) is 7.05. The number of thiazole rings is 1. The number of halogens is 1. The number of anilines is 1. The zero-order valence-corrected chi connectivity index (χ0v) is 27.3. The molecule has 13 heteroatoms. The number of amides is 2. The van der Waals surface area contributed by atoms with Crippen molar-refractivity contribution in [2.45, 2.75) is 30.9 Å². The first-order chi connectivity index (χ1) is 21.5. The summed E-state index contributed by atoms with van der Waals surface area (Å²) in [5, 5.41) is 16.0. The lowest BCUT2D eigenvalue weighted by Crippen LogP contribution is -2.50. The molecular weight excluding hydrogens is 636 g/mol. The minimum atomic E-state index is -3.91. The molecule has 0 fully saturated rings. The molecule has 0 unspecified atom stereocenters. The van der Waals surface area contributed by atoms with E-state index in [-0.39, 0.29) is 53.4 Å². The minimum Gasteiger partial charge on any atom is -0.486 e. The van der Waals surface area contributed by atoms with Crippen LogP contribution in [0.2, 0.25) is 5.02 Å². The second-order valence-corrected chi connectivity index (χ2v) is 14.3. The van der Waals surface area contributed by atoms with Gasteiger partial charge in [-0.1, -0.05) is 36.7 Å². The molecule has 4 aromatic rings. The predicted molar refractivity (Wildman–Crippen MR) is 174 cm³/mol. The number of carbonyl (C=O) groups excluding carboxylic acids is 2. The van der Waals surface area contributed by atoms with Crippen LogP contribution in [0.3, 0.4) is 0 Å². The molecule has 2 amide bonds. The summed E-state index contributed by atoms with van der Waals surface area (Å²) >= 11 is 7.46. The van der Waals surface area contributed by atoms with Crippen LogP contribution >= 0.6 is 22.9 Å². The van der Waals surface area contributed by atoms with Crippen LogP contribution in [-0.4, -0.2) is 78.4 Å². The van der Waals surface area contributed by atoms with Gasteiger partial charge in [0.05, 0.1) is 35.3 Å². The highest BCUT2D eigenvalue weighted by atomic mass is 35.5. The van der Waals surface area contributed by atoms with Crippen LogP contribution in [0.25, 0.3) is 10.6 Å². The smallest absolute Gasteiger partial charge is 0.258 e. The summed E-state index contributed by atoms with van der Waals surface area (Å²) in [6, 6.07) is 17.2. The van der Waals surface area contributed by atoms with E-state index in [0.717, 1.165) is 10.6 Å². The highest BCUT2D eigenvalue weighted by molar-refractivity contribution is 7.89. The highest BCUT2D eigenvalue weighted by Gasteiger charge is 2.36. The SMILES string of the molecule is C[C@@H]1CN([C@H](C)CO)C(=O)c2cccc(NC(=O)c3ccc(-c4nccs4)cc3)c2O[C@@H]1CN(C)S(=O)(=O)c1ccc(Cl)cc1. The Balaban J connectivity index is 1.47.